The molecule has 0 bridgehead atoms. The number of benzene rings is 2. The zero-order chi connectivity index (χ0) is 23.7. The number of amides is 1. The molecule has 1 aliphatic rings. The van der Waals surface area contributed by atoms with Crippen molar-refractivity contribution in [1.82, 2.24) is 23.8 Å². The Morgan fingerprint density at radius 3 is 2.65 bits per heavy atom. The molecule has 2 aromatic heterocycles. The highest BCUT2D eigenvalue weighted by molar-refractivity contribution is 9.10. The van der Waals surface area contributed by atoms with Crippen molar-refractivity contribution in [3.63, 3.8) is 0 Å². The lowest BCUT2D eigenvalue weighted by Gasteiger charge is -2.35. The van der Waals surface area contributed by atoms with Gasteiger partial charge in [0.05, 0.1) is 18.3 Å². The van der Waals surface area contributed by atoms with Crippen molar-refractivity contribution in [2.24, 2.45) is 0 Å². The molecule has 1 atom stereocenters. The summed E-state index contributed by atoms with van der Waals surface area (Å²) >= 11 is 4.85. The van der Waals surface area contributed by atoms with E-state index in [0.717, 1.165) is 17.1 Å². The van der Waals surface area contributed by atoms with E-state index in [4.69, 9.17) is 9.72 Å². The summed E-state index contributed by atoms with van der Waals surface area (Å²) in [5.41, 5.74) is 2.45. The van der Waals surface area contributed by atoms with Crippen molar-refractivity contribution < 1.29 is 13.9 Å². The molecule has 0 saturated carbocycles. The van der Waals surface area contributed by atoms with E-state index < -0.39 is 0 Å². The summed E-state index contributed by atoms with van der Waals surface area (Å²) in [5.74, 6) is 0.827. The van der Waals surface area contributed by atoms with Crippen LogP contribution < -0.4 is 0 Å². The largest absolute Gasteiger partial charge is 0.369 e. The lowest BCUT2D eigenvalue weighted by atomic mass is 10.1. The lowest BCUT2D eigenvalue weighted by molar-refractivity contribution is 0.0644. The Morgan fingerprint density at radius 2 is 1.88 bits per heavy atom. The SMILES string of the molecule is CC1c2c(Br)nc(-c3nc(COCc4ccccc4)ns3)n2CCN1C(=O)c1ccc(F)cc1. The number of carbonyl (C=O) groups is 1. The van der Waals surface area contributed by atoms with Crippen molar-refractivity contribution >= 4 is 33.4 Å². The fourth-order valence-corrected chi connectivity index (χ4v) is 5.43. The van der Waals surface area contributed by atoms with Gasteiger partial charge in [-0.3, -0.25) is 4.79 Å². The van der Waals surface area contributed by atoms with Crippen LogP contribution in [0.2, 0.25) is 0 Å². The first kappa shape index (κ1) is 22.8. The molecule has 0 fully saturated rings. The van der Waals surface area contributed by atoms with Crippen molar-refractivity contribution in [3.8, 4) is 10.8 Å². The highest BCUT2D eigenvalue weighted by Crippen LogP contribution is 2.36. The summed E-state index contributed by atoms with van der Waals surface area (Å²) in [5, 5.41) is 0.704. The van der Waals surface area contributed by atoms with Gasteiger partial charge in [0, 0.05) is 18.7 Å². The van der Waals surface area contributed by atoms with Crippen LogP contribution in [0.25, 0.3) is 10.8 Å². The van der Waals surface area contributed by atoms with Gasteiger partial charge in [0.25, 0.3) is 5.91 Å². The molecule has 174 valence electrons. The molecule has 5 rings (SSSR count). The summed E-state index contributed by atoms with van der Waals surface area (Å²) in [4.78, 5) is 24.2. The van der Waals surface area contributed by atoms with Gasteiger partial charge in [-0.25, -0.2) is 14.4 Å². The maximum absolute atomic E-state index is 13.3. The number of imidazole rings is 1. The van der Waals surface area contributed by atoms with Crippen LogP contribution in [-0.4, -0.2) is 36.3 Å². The van der Waals surface area contributed by atoms with Gasteiger partial charge in [0.15, 0.2) is 16.7 Å². The second kappa shape index (κ2) is 9.73. The highest BCUT2D eigenvalue weighted by Gasteiger charge is 2.33. The molecule has 1 amide bonds. The van der Waals surface area contributed by atoms with Crippen LogP contribution in [0.3, 0.4) is 0 Å². The minimum Gasteiger partial charge on any atom is -0.369 e. The van der Waals surface area contributed by atoms with Crippen LogP contribution >= 0.6 is 27.5 Å². The molecule has 1 aliphatic heterocycles. The molecule has 0 saturated heterocycles. The topological polar surface area (TPSA) is 73.1 Å². The van der Waals surface area contributed by atoms with Crippen LogP contribution in [0.1, 0.15) is 40.4 Å². The number of carbonyl (C=O) groups excluding carboxylic acids is 1. The van der Waals surface area contributed by atoms with Crippen LogP contribution in [0.15, 0.2) is 59.2 Å². The van der Waals surface area contributed by atoms with Crippen LogP contribution in [0.4, 0.5) is 4.39 Å². The summed E-state index contributed by atoms with van der Waals surface area (Å²) in [6.07, 6.45) is 0. The molecule has 10 heteroatoms. The third kappa shape index (κ3) is 4.53. The van der Waals surface area contributed by atoms with E-state index in [9.17, 15) is 9.18 Å². The minimum atomic E-state index is -0.365. The van der Waals surface area contributed by atoms with E-state index in [2.05, 4.69) is 29.9 Å². The van der Waals surface area contributed by atoms with Crippen molar-refractivity contribution in [1.29, 1.82) is 0 Å². The number of aromatic nitrogens is 4. The third-order valence-corrected chi connectivity index (χ3v) is 7.08. The molecule has 7 nitrogen and oxygen atoms in total. The van der Waals surface area contributed by atoms with Gasteiger partial charge in [-0.2, -0.15) is 4.37 Å². The average Bonchev–Trinajstić information content (AvgIpc) is 3.45. The molecular weight excluding hydrogens is 521 g/mol. The second-order valence-electron chi connectivity index (χ2n) is 7.94. The van der Waals surface area contributed by atoms with Gasteiger partial charge in [-0.05, 0) is 64.2 Å². The zero-order valence-electron chi connectivity index (χ0n) is 18.3. The highest BCUT2D eigenvalue weighted by atomic mass is 79.9. The Morgan fingerprint density at radius 1 is 1.12 bits per heavy atom. The first-order valence-corrected chi connectivity index (χ1v) is 12.3. The van der Waals surface area contributed by atoms with E-state index in [1.54, 1.807) is 4.90 Å². The van der Waals surface area contributed by atoms with Gasteiger partial charge in [-0.1, -0.05) is 30.3 Å². The van der Waals surface area contributed by atoms with E-state index in [1.807, 2.05) is 37.3 Å². The van der Waals surface area contributed by atoms with Crippen LogP contribution in [0.5, 0.6) is 0 Å². The molecule has 34 heavy (non-hydrogen) atoms. The molecular formula is C24H21BrFN5O2S. The van der Waals surface area contributed by atoms with E-state index in [0.29, 0.717) is 47.3 Å². The fourth-order valence-electron chi connectivity index (χ4n) is 4.05. The number of rotatable bonds is 6. The maximum atomic E-state index is 13.3. The Hall–Kier alpha value is -2.95. The number of nitrogens with zero attached hydrogens (tertiary/aromatic N) is 5. The summed E-state index contributed by atoms with van der Waals surface area (Å²) in [7, 11) is 0. The van der Waals surface area contributed by atoms with Crippen molar-refractivity contribution in [2.45, 2.75) is 32.7 Å². The molecule has 4 aromatic rings. The predicted octanol–water partition coefficient (Wildman–Crippen LogP) is 5.24. The van der Waals surface area contributed by atoms with Gasteiger partial charge in [-0.15, -0.1) is 0 Å². The van der Waals surface area contributed by atoms with Crippen molar-refractivity contribution in [2.75, 3.05) is 6.54 Å². The average molecular weight is 542 g/mol. The number of fused-ring (bicyclic) bond motifs is 1. The Balaban J connectivity index is 1.32. The smallest absolute Gasteiger partial charge is 0.254 e. The molecule has 0 aliphatic carbocycles. The summed E-state index contributed by atoms with van der Waals surface area (Å²) in [6, 6.07) is 15.4. The molecule has 1 unspecified atom stereocenters. The van der Waals surface area contributed by atoms with Gasteiger partial charge in [0.2, 0.25) is 0 Å². The summed E-state index contributed by atoms with van der Waals surface area (Å²) in [6.45, 7) is 3.85. The number of hydrogen-bond acceptors (Lipinski definition) is 6. The first-order chi connectivity index (χ1) is 16.5. The maximum Gasteiger partial charge on any atom is 0.254 e. The van der Waals surface area contributed by atoms with Gasteiger partial charge >= 0.3 is 0 Å². The van der Waals surface area contributed by atoms with Gasteiger partial charge < -0.3 is 14.2 Å². The minimum absolute atomic E-state index is 0.137. The van der Waals surface area contributed by atoms with Gasteiger partial charge in [0.1, 0.15) is 17.0 Å². The van der Waals surface area contributed by atoms with Crippen LogP contribution in [0, 0.1) is 5.82 Å². The number of hydrogen-bond donors (Lipinski definition) is 0. The Labute approximate surface area is 208 Å². The Bertz CT molecular complexity index is 1310. The van der Waals surface area contributed by atoms with E-state index in [1.165, 1.54) is 35.8 Å². The fraction of sp³-hybridized carbons (Fsp3) is 0.250. The second-order valence-corrected chi connectivity index (χ2v) is 9.44. The van der Waals surface area contributed by atoms with E-state index in [-0.39, 0.29) is 17.8 Å². The lowest BCUT2D eigenvalue weighted by Crippen LogP contribution is -2.41. The molecule has 2 aromatic carbocycles. The normalized spacial score (nSPS) is 15.4. The number of ether oxygens (including phenoxy) is 1. The Kier molecular flexibility index (Phi) is 6.53. The van der Waals surface area contributed by atoms with Crippen molar-refractivity contribution in [3.05, 3.63) is 87.7 Å². The van der Waals surface area contributed by atoms with E-state index >= 15 is 0 Å². The summed E-state index contributed by atoms with van der Waals surface area (Å²) < 4.78 is 26.2. The quantitative estimate of drug-likeness (QED) is 0.334. The zero-order valence-corrected chi connectivity index (χ0v) is 20.7. The number of halogens is 2. The molecule has 0 spiro atoms. The predicted molar refractivity (Wildman–Crippen MR) is 130 cm³/mol. The standard InChI is InChI=1S/C24H21BrFN5O2S/c1-15-20-21(25)28-22(23-27-19(29-34-23)14-33-13-16-5-3-2-4-6-16)31(20)12-11-30(15)24(32)17-7-9-18(26)10-8-17/h2-10,15H,11-14H2,1H3. The molecule has 0 radical (unpaired) electrons. The van der Waals surface area contributed by atoms with Crippen LogP contribution in [-0.2, 0) is 24.5 Å². The monoisotopic (exact) mass is 541 g/mol. The third-order valence-electron chi connectivity index (χ3n) is 5.74. The molecule has 0 N–H and O–H groups in total. The first-order valence-electron chi connectivity index (χ1n) is 10.8. The molecule has 3 heterocycles.